The number of allylic oxidation sites excluding steroid dienone is 1. The van der Waals surface area contributed by atoms with Crippen molar-refractivity contribution in [3.63, 3.8) is 0 Å². The monoisotopic (exact) mass is 537 g/mol. The van der Waals surface area contributed by atoms with Gasteiger partial charge in [-0.15, -0.1) is 0 Å². The van der Waals surface area contributed by atoms with Crippen molar-refractivity contribution in [2.24, 2.45) is 0 Å². The predicted molar refractivity (Wildman–Crippen MR) is 153 cm³/mol. The number of carbonyl (C=O) groups excluding carboxylic acids is 1. The number of likely N-dealkylation sites (N-methyl/N-ethyl adjacent to an activating group) is 1. The number of piperazine rings is 1. The van der Waals surface area contributed by atoms with Crippen molar-refractivity contribution in [1.29, 1.82) is 0 Å². The van der Waals surface area contributed by atoms with Crippen LogP contribution < -0.4 is 0 Å². The first-order chi connectivity index (χ1) is 18.3. The number of hydrogen-bond donors (Lipinski definition) is 1. The minimum absolute atomic E-state index is 0.138. The molecule has 0 bridgehead atoms. The molecule has 0 spiro atoms. The lowest BCUT2D eigenvalue weighted by Gasteiger charge is -2.32. The van der Waals surface area contributed by atoms with Gasteiger partial charge in [-0.25, -0.2) is 8.42 Å². The minimum Gasteiger partial charge on any atom is -0.388 e. The second-order valence-corrected chi connectivity index (χ2v) is 12.3. The van der Waals surface area contributed by atoms with Crippen molar-refractivity contribution in [1.82, 2.24) is 14.1 Å². The second-order valence-electron chi connectivity index (χ2n) is 10.2. The molecule has 0 amide bonds. The maximum Gasteiger partial charge on any atom is 0.214 e. The van der Waals surface area contributed by atoms with Crippen molar-refractivity contribution < 1.29 is 18.3 Å². The summed E-state index contributed by atoms with van der Waals surface area (Å²) in [5, 5.41) is 8.89. The molecule has 2 aliphatic rings. The Bertz CT molecular complexity index is 1250. The number of rotatable bonds is 13. The van der Waals surface area contributed by atoms with Crippen LogP contribution in [0.5, 0.6) is 0 Å². The molecule has 0 unspecified atom stereocenters. The maximum atomic E-state index is 13.6. The summed E-state index contributed by atoms with van der Waals surface area (Å²) in [7, 11) is -1.33. The highest BCUT2D eigenvalue weighted by atomic mass is 32.2. The Labute approximate surface area is 227 Å². The molecule has 4 rings (SSSR count). The molecule has 204 valence electrons. The van der Waals surface area contributed by atoms with Crippen LogP contribution in [0.3, 0.4) is 0 Å². The van der Waals surface area contributed by atoms with Gasteiger partial charge in [-0.3, -0.25) is 4.79 Å². The lowest BCUT2D eigenvalue weighted by atomic mass is 10.0. The van der Waals surface area contributed by atoms with E-state index in [9.17, 15) is 13.2 Å². The summed E-state index contributed by atoms with van der Waals surface area (Å²) < 4.78 is 28.8. The SMILES string of the molecule is CN1CCN(CCCS(=O)(=O)N(CCC2=CCc3ccccc32)Cc2ccc(/C=C/C(=O)CO)cc2)CC1. The largest absolute Gasteiger partial charge is 0.388 e. The average Bonchev–Trinajstić information content (AvgIpc) is 3.34. The van der Waals surface area contributed by atoms with Crippen LogP contribution in [0.2, 0.25) is 0 Å². The Balaban J connectivity index is 1.42. The van der Waals surface area contributed by atoms with Crippen molar-refractivity contribution in [2.75, 3.05) is 58.7 Å². The molecule has 0 aromatic heterocycles. The van der Waals surface area contributed by atoms with E-state index < -0.39 is 16.6 Å². The fourth-order valence-electron chi connectivity index (χ4n) is 5.00. The molecule has 2 aromatic carbocycles. The Kier molecular flexibility index (Phi) is 10.0. The molecule has 0 saturated carbocycles. The fraction of sp³-hybridized carbons (Fsp3) is 0.433. The number of aliphatic hydroxyl groups excluding tert-OH is 1. The van der Waals surface area contributed by atoms with E-state index in [0.717, 1.165) is 50.3 Å². The topological polar surface area (TPSA) is 81.2 Å². The van der Waals surface area contributed by atoms with Crippen LogP contribution in [0, 0.1) is 0 Å². The summed E-state index contributed by atoms with van der Waals surface area (Å²) in [4.78, 5) is 16.0. The number of fused-ring (bicyclic) bond motifs is 1. The molecule has 1 fully saturated rings. The van der Waals surface area contributed by atoms with Crippen molar-refractivity contribution in [3.05, 3.63) is 82.9 Å². The summed E-state index contributed by atoms with van der Waals surface area (Å²) in [6.07, 6.45) is 7.42. The van der Waals surface area contributed by atoms with Crippen LogP contribution in [0.25, 0.3) is 11.6 Å². The van der Waals surface area contributed by atoms with E-state index in [1.54, 1.807) is 10.4 Å². The molecule has 1 N–H and O–H groups in total. The van der Waals surface area contributed by atoms with E-state index in [0.29, 0.717) is 25.9 Å². The summed E-state index contributed by atoms with van der Waals surface area (Å²) in [5.41, 5.74) is 5.47. The van der Waals surface area contributed by atoms with E-state index in [1.807, 2.05) is 36.4 Å². The third-order valence-corrected chi connectivity index (χ3v) is 9.29. The Morgan fingerprint density at radius 1 is 1.05 bits per heavy atom. The number of nitrogens with zero attached hydrogens (tertiary/aromatic N) is 3. The molecule has 8 heteroatoms. The lowest BCUT2D eigenvalue weighted by Crippen LogP contribution is -2.45. The predicted octanol–water partition coefficient (Wildman–Crippen LogP) is 3.06. The minimum atomic E-state index is -3.45. The lowest BCUT2D eigenvalue weighted by molar-refractivity contribution is -0.117. The Morgan fingerprint density at radius 2 is 1.79 bits per heavy atom. The third kappa shape index (κ3) is 7.94. The molecule has 7 nitrogen and oxygen atoms in total. The molecule has 0 atom stereocenters. The smallest absolute Gasteiger partial charge is 0.214 e. The zero-order valence-corrected chi connectivity index (χ0v) is 23.1. The van der Waals surface area contributed by atoms with Crippen LogP contribution in [0.4, 0.5) is 0 Å². The molecule has 1 aliphatic carbocycles. The zero-order chi connectivity index (χ0) is 27.0. The van der Waals surface area contributed by atoms with Gasteiger partial charge in [0.15, 0.2) is 5.78 Å². The fourth-order valence-corrected chi connectivity index (χ4v) is 6.47. The van der Waals surface area contributed by atoms with Crippen molar-refractivity contribution in [2.45, 2.75) is 25.8 Å². The van der Waals surface area contributed by atoms with Gasteiger partial charge in [0.1, 0.15) is 6.61 Å². The van der Waals surface area contributed by atoms with Crippen LogP contribution in [0.15, 0.2) is 60.7 Å². The van der Waals surface area contributed by atoms with E-state index >= 15 is 0 Å². The van der Waals surface area contributed by atoms with E-state index in [1.165, 1.54) is 22.8 Å². The van der Waals surface area contributed by atoms with E-state index in [2.05, 4.69) is 35.1 Å². The highest BCUT2D eigenvalue weighted by Crippen LogP contribution is 2.30. The quantitative estimate of drug-likeness (QED) is 0.396. The number of aliphatic hydroxyl groups is 1. The maximum absolute atomic E-state index is 13.6. The van der Waals surface area contributed by atoms with E-state index in [-0.39, 0.29) is 11.5 Å². The van der Waals surface area contributed by atoms with Gasteiger partial charge in [-0.1, -0.05) is 60.7 Å². The van der Waals surface area contributed by atoms with Gasteiger partial charge in [0.2, 0.25) is 10.0 Å². The third-order valence-electron chi connectivity index (χ3n) is 7.38. The van der Waals surface area contributed by atoms with Gasteiger partial charge >= 0.3 is 0 Å². The van der Waals surface area contributed by atoms with Gasteiger partial charge in [-0.05, 0) is 66.8 Å². The summed E-state index contributed by atoms with van der Waals surface area (Å²) in [5.74, 6) is -0.218. The molecule has 1 heterocycles. The van der Waals surface area contributed by atoms with E-state index in [4.69, 9.17) is 5.11 Å². The molecular weight excluding hydrogens is 498 g/mol. The van der Waals surface area contributed by atoms with Crippen LogP contribution in [-0.4, -0.2) is 92.1 Å². The first-order valence-corrected chi connectivity index (χ1v) is 15.0. The molecule has 0 radical (unpaired) electrons. The standard InChI is InChI=1S/C30H39N3O4S/c1-31-18-20-32(21-19-31)16-4-22-38(36,37)33(17-15-28-13-12-27-5-2-3-6-30(27)28)23-26-9-7-25(8-10-26)11-14-29(35)24-34/h2-3,5-11,13-14,34H,4,12,15-24H2,1H3/b14-11+. The first kappa shape index (κ1) is 28.4. The molecule has 38 heavy (non-hydrogen) atoms. The molecule has 2 aromatic rings. The summed E-state index contributed by atoms with van der Waals surface area (Å²) in [6.45, 7) is 5.04. The first-order valence-electron chi connectivity index (χ1n) is 13.4. The Hall–Kier alpha value is -2.62. The highest BCUT2D eigenvalue weighted by Gasteiger charge is 2.24. The van der Waals surface area contributed by atoms with Gasteiger partial charge < -0.3 is 14.9 Å². The van der Waals surface area contributed by atoms with Crippen LogP contribution >= 0.6 is 0 Å². The van der Waals surface area contributed by atoms with Gasteiger partial charge in [-0.2, -0.15) is 4.31 Å². The highest BCUT2D eigenvalue weighted by molar-refractivity contribution is 7.89. The van der Waals surface area contributed by atoms with Gasteiger partial charge in [0.25, 0.3) is 0 Å². The Morgan fingerprint density at radius 3 is 2.53 bits per heavy atom. The number of ketones is 1. The zero-order valence-electron chi connectivity index (χ0n) is 22.3. The van der Waals surface area contributed by atoms with Gasteiger partial charge in [0, 0.05) is 39.3 Å². The van der Waals surface area contributed by atoms with Gasteiger partial charge in [0.05, 0.1) is 5.75 Å². The summed E-state index contributed by atoms with van der Waals surface area (Å²) >= 11 is 0. The van der Waals surface area contributed by atoms with Crippen molar-refractivity contribution >= 4 is 27.5 Å². The molecular formula is C30H39N3O4S. The number of carbonyl (C=O) groups is 1. The van der Waals surface area contributed by atoms with Crippen LogP contribution in [-0.2, 0) is 27.8 Å². The normalized spacial score (nSPS) is 16.8. The average molecular weight is 538 g/mol. The van der Waals surface area contributed by atoms with Crippen LogP contribution in [0.1, 0.15) is 35.1 Å². The number of sulfonamides is 1. The van der Waals surface area contributed by atoms with Crippen molar-refractivity contribution in [3.8, 4) is 0 Å². The second kappa shape index (κ2) is 13.4. The number of hydrogen-bond acceptors (Lipinski definition) is 6. The molecule has 1 aliphatic heterocycles. The number of benzene rings is 2. The summed E-state index contributed by atoms with van der Waals surface area (Å²) in [6, 6.07) is 15.9. The molecule has 1 saturated heterocycles.